The van der Waals surface area contributed by atoms with E-state index in [9.17, 15) is 9.59 Å². The molecule has 0 aliphatic heterocycles. The molecule has 0 saturated carbocycles. The SMILES string of the molecule is CCC[C@@H](C(=O)OCC)/C(C)=N/NC(=O)COc1ccc(Cl)cc1Cl. The van der Waals surface area contributed by atoms with Crippen molar-refractivity contribution in [2.45, 2.75) is 33.6 Å². The quantitative estimate of drug-likeness (QED) is 0.396. The molecule has 0 spiro atoms. The first-order valence-corrected chi connectivity index (χ1v) is 8.72. The summed E-state index contributed by atoms with van der Waals surface area (Å²) in [6.07, 6.45) is 1.39. The topological polar surface area (TPSA) is 77.0 Å². The molecule has 1 atom stereocenters. The third-order valence-electron chi connectivity index (χ3n) is 3.26. The van der Waals surface area contributed by atoms with Crippen LogP contribution in [0.25, 0.3) is 0 Å². The fourth-order valence-electron chi connectivity index (χ4n) is 2.03. The molecule has 0 radical (unpaired) electrons. The summed E-state index contributed by atoms with van der Waals surface area (Å²) in [5.41, 5.74) is 2.85. The predicted octanol–water partition coefficient (Wildman–Crippen LogP) is 3.84. The van der Waals surface area contributed by atoms with Crippen LogP contribution in [0.15, 0.2) is 23.3 Å². The van der Waals surface area contributed by atoms with Gasteiger partial charge in [-0.05, 0) is 38.5 Å². The highest BCUT2D eigenvalue weighted by Crippen LogP contribution is 2.27. The zero-order valence-electron chi connectivity index (χ0n) is 14.5. The van der Waals surface area contributed by atoms with Crippen LogP contribution in [-0.4, -0.2) is 30.8 Å². The summed E-state index contributed by atoms with van der Waals surface area (Å²) in [5, 5.41) is 4.76. The van der Waals surface area contributed by atoms with Crippen LogP contribution in [0.2, 0.25) is 10.0 Å². The third-order valence-corrected chi connectivity index (χ3v) is 3.79. The summed E-state index contributed by atoms with van der Waals surface area (Å²) in [7, 11) is 0. The zero-order chi connectivity index (χ0) is 18.8. The van der Waals surface area contributed by atoms with Crippen molar-refractivity contribution in [1.29, 1.82) is 0 Å². The Kier molecular flexibility index (Phi) is 9.31. The molecule has 0 aliphatic rings. The van der Waals surface area contributed by atoms with Crippen molar-refractivity contribution in [2.75, 3.05) is 13.2 Å². The predicted molar refractivity (Wildman–Crippen MR) is 98.2 cm³/mol. The molecule has 1 rings (SSSR count). The molecule has 8 heteroatoms. The third kappa shape index (κ3) is 7.32. The standard InChI is InChI=1S/C17H22Cl2N2O4/c1-4-6-13(17(23)24-5-2)11(3)20-21-16(22)10-25-15-8-7-12(18)9-14(15)19/h7-9,13H,4-6,10H2,1-3H3,(H,21,22)/b20-11+/t13-/m1/s1. The van der Waals surface area contributed by atoms with E-state index in [0.29, 0.717) is 34.5 Å². The number of hydrogen-bond donors (Lipinski definition) is 1. The van der Waals surface area contributed by atoms with Gasteiger partial charge in [0.2, 0.25) is 0 Å². The van der Waals surface area contributed by atoms with Gasteiger partial charge >= 0.3 is 5.97 Å². The van der Waals surface area contributed by atoms with Crippen LogP contribution < -0.4 is 10.2 Å². The number of carbonyl (C=O) groups is 2. The first-order chi connectivity index (χ1) is 11.9. The molecule has 0 fully saturated rings. The van der Waals surface area contributed by atoms with Gasteiger partial charge in [-0.15, -0.1) is 0 Å². The maximum atomic E-state index is 11.9. The maximum Gasteiger partial charge on any atom is 0.314 e. The van der Waals surface area contributed by atoms with Gasteiger partial charge in [-0.3, -0.25) is 9.59 Å². The van der Waals surface area contributed by atoms with Crippen LogP contribution in [0, 0.1) is 5.92 Å². The fourth-order valence-corrected chi connectivity index (χ4v) is 2.49. The number of amides is 1. The van der Waals surface area contributed by atoms with Crippen molar-refractivity contribution in [3.05, 3.63) is 28.2 Å². The van der Waals surface area contributed by atoms with Crippen molar-refractivity contribution < 1.29 is 19.1 Å². The Morgan fingerprint density at radius 3 is 2.60 bits per heavy atom. The summed E-state index contributed by atoms with van der Waals surface area (Å²) in [6.45, 7) is 5.41. The van der Waals surface area contributed by atoms with Gasteiger partial charge in [-0.1, -0.05) is 36.5 Å². The smallest absolute Gasteiger partial charge is 0.314 e. The molecule has 1 N–H and O–H groups in total. The Morgan fingerprint density at radius 1 is 1.28 bits per heavy atom. The van der Waals surface area contributed by atoms with Crippen LogP contribution in [0.3, 0.4) is 0 Å². The Bertz CT molecular complexity index is 635. The van der Waals surface area contributed by atoms with Crippen molar-refractivity contribution in [3.8, 4) is 5.75 Å². The van der Waals surface area contributed by atoms with E-state index < -0.39 is 11.8 Å². The van der Waals surface area contributed by atoms with Crippen molar-refractivity contribution in [2.24, 2.45) is 11.0 Å². The van der Waals surface area contributed by atoms with Crippen LogP contribution in [0.1, 0.15) is 33.6 Å². The second-order valence-electron chi connectivity index (χ2n) is 5.24. The van der Waals surface area contributed by atoms with Crippen molar-refractivity contribution >= 4 is 40.8 Å². The highest BCUT2D eigenvalue weighted by molar-refractivity contribution is 6.35. The van der Waals surface area contributed by atoms with Gasteiger partial charge < -0.3 is 9.47 Å². The minimum Gasteiger partial charge on any atom is -0.482 e. The number of benzene rings is 1. The minimum absolute atomic E-state index is 0.268. The zero-order valence-corrected chi connectivity index (χ0v) is 16.0. The van der Waals surface area contributed by atoms with Gasteiger partial charge in [0.15, 0.2) is 6.61 Å². The molecule has 1 aromatic carbocycles. The number of hydrazone groups is 1. The van der Waals surface area contributed by atoms with Crippen LogP contribution in [0.5, 0.6) is 5.75 Å². The number of hydrogen-bond acceptors (Lipinski definition) is 5. The molecule has 0 saturated heterocycles. The van der Waals surface area contributed by atoms with E-state index in [-0.39, 0.29) is 12.6 Å². The lowest BCUT2D eigenvalue weighted by Crippen LogP contribution is -2.30. The molecule has 138 valence electrons. The lowest BCUT2D eigenvalue weighted by Gasteiger charge is -2.14. The van der Waals surface area contributed by atoms with Crippen LogP contribution in [0.4, 0.5) is 0 Å². The van der Waals surface area contributed by atoms with E-state index in [1.807, 2.05) is 6.92 Å². The summed E-state index contributed by atoms with van der Waals surface area (Å²) in [4.78, 5) is 23.8. The number of carbonyl (C=O) groups excluding carboxylic acids is 2. The van der Waals surface area contributed by atoms with Crippen LogP contribution in [-0.2, 0) is 14.3 Å². The Hall–Kier alpha value is -1.79. The van der Waals surface area contributed by atoms with Gasteiger partial charge in [-0.2, -0.15) is 5.10 Å². The monoisotopic (exact) mass is 388 g/mol. The highest BCUT2D eigenvalue weighted by atomic mass is 35.5. The van der Waals surface area contributed by atoms with Gasteiger partial charge in [0.05, 0.1) is 17.5 Å². The Balaban J connectivity index is 2.59. The molecule has 1 aromatic rings. The van der Waals surface area contributed by atoms with E-state index in [0.717, 1.165) is 6.42 Å². The van der Waals surface area contributed by atoms with Crippen LogP contribution >= 0.6 is 23.2 Å². The molecule has 0 bridgehead atoms. The van der Waals surface area contributed by atoms with Crippen molar-refractivity contribution in [3.63, 3.8) is 0 Å². The van der Waals surface area contributed by atoms with Gasteiger partial charge in [-0.25, -0.2) is 5.43 Å². The summed E-state index contributed by atoms with van der Waals surface area (Å²) in [5.74, 6) is -0.942. The lowest BCUT2D eigenvalue weighted by atomic mass is 9.99. The van der Waals surface area contributed by atoms with E-state index in [1.165, 1.54) is 6.07 Å². The Morgan fingerprint density at radius 2 is 2.00 bits per heavy atom. The largest absolute Gasteiger partial charge is 0.482 e. The van der Waals surface area contributed by atoms with E-state index in [4.69, 9.17) is 32.7 Å². The maximum absolute atomic E-state index is 11.9. The average molecular weight is 389 g/mol. The molecule has 6 nitrogen and oxygen atoms in total. The minimum atomic E-state index is -0.475. The highest BCUT2D eigenvalue weighted by Gasteiger charge is 2.22. The average Bonchev–Trinajstić information content (AvgIpc) is 2.56. The number of nitrogens with zero attached hydrogens (tertiary/aromatic N) is 1. The molecular weight excluding hydrogens is 367 g/mol. The number of esters is 1. The number of nitrogens with one attached hydrogen (secondary N) is 1. The number of halogens is 2. The molecule has 0 heterocycles. The molecule has 0 aromatic heterocycles. The lowest BCUT2D eigenvalue weighted by molar-refractivity contribution is -0.145. The normalized spacial score (nSPS) is 12.4. The molecule has 0 unspecified atom stereocenters. The fraction of sp³-hybridized carbons (Fsp3) is 0.471. The van der Waals surface area contributed by atoms with Crippen molar-refractivity contribution in [1.82, 2.24) is 5.43 Å². The van der Waals surface area contributed by atoms with E-state index in [1.54, 1.807) is 26.0 Å². The summed E-state index contributed by atoms with van der Waals surface area (Å²) < 4.78 is 10.3. The van der Waals surface area contributed by atoms with Gasteiger partial charge in [0, 0.05) is 10.7 Å². The second-order valence-corrected chi connectivity index (χ2v) is 6.09. The van der Waals surface area contributed by atoms with Gasteiger partial charge in [0.25, 0.3) is 5.91 Å². The summed E-state index contributed by atoms with van der Waals surface area (Å²) >= 11 is 11.8. The second kappa shape index (κ2) is 10.9. The molecule has 25 heavy (non-hydrogen) atoms. The Labute approximate surface area is 157 Å². The summed E-state index contributed by atoms with van der Waals surface area (Å²) in [6, 6.07) is 4.70. The molecule has 0 aliphatic carbocycles. The number of ether oxygens (including phenoxy) is 2. The van der Waals surface area contributed by atoms with E-state index in [2.05, 4.69) is 10.5 Å². The number of rotatable bonds is 9. The first kappa shape index (κ1) is 21.3. The molecule has 1 amide bonds. The van der Waals surface area contributed by atoms with Gasteiger partial charge in [0.1, 0.15) is 5.75 Å². The van der Waals surface area contributed by atoms with E-state index >= 15 is 0 Å². The first-order valence-electron chi connectivity index (χ1n) is 7.96. The molecular formula is C17H22Cl2N2O4.